The average molecular weight is 698 g/mol. The minimum atomic E-state index is -0.989. The summed E-state index contributed by atoms with van der Waals surface area (Å²) in [6, 6.07) is 9.55. The third-order valence-electron chi connectivity index (χ3n) is 8.86. The average Bonchev–Trinajstić information content (AvgIpc) is 3.59. The lowest BCUT2D eigenvalue weighted by atomic mass is 9.79. The lowest BCUT2D eigenvalue weighted by molar-refractivity contribution is -0.385. The molecule has 0 spiro atoms. The summed E-state index contributed by atoms with van der Waals surface area (Å²) in [4.78, 5) is 79.1. The quantitative estimate of drug-likeness (QED) is 0.155. The van der Waals surface area contributed by atoms with Gasteiger partial charge in [0.25, 0.3) is 11.4 Å². The summed E-state index contributed by atoms with van der Waals surface area (Å²) in [5.74, 6) is -2.81. The lowest BCUT2D eigenvalue weighted by Gasteiger charge is -2.46. The van der Waals surface area contributed by atoms with E-state index in [9.17, 15) is 44.5 Å². The van der Waals surface area contributed by atoms with E-state index >= 15 is 0 Å². The highest BCUT2D eigenvalue weighted by atomic mass is 32.2. The highest BCUT2D eigenvalue weighted by molar-refractivity contribution is 8.03. The van der Waals surface area contributed by atoms with Crippen LogP contribution < -0.4 is 0 Å². The Hall–Kier alpha value is -5.03. The Morgan fingerprint density at radius 1 is 0.959 bits per heavy atom. The van der Waals surface area contributed by atoms with E-state index in [0.717, 1.165) is 11.8 Å². The molecule has 0 bridgehead atoms. The molecule has 0 saturated carbocycles. The number of hydrogen-bond donors (Lipinski definition) is 1. The number of benzene rings is 2. The van der Waals surface area contributed by atoms with E-state index in [1.807, 2.05) is 6.92 Å². The van der Waals surface area contributed by atoms with Gasteiger partial charge in [-0.15, -0.1) is 11.8 Å². The largest absolute Gasteiger partial charge is 0.456 e. The third-order valence-corrected chi connectivity index (χ3v) is 10.4. The van der Waals surface area contributed by atoms with Crippen LogP contribution in [0.4, 0.5) is 16.2 Å². The summed E-state index contributed by atoms with van der Waals surface area (Å²) in [5, 5.41) is 31.7. The van der Waals surface area contributed by atoms with Crippen LogP contribution in [0.25, 0.3) is 0 Å². The van der Waals surface area contributed by atoms with E-state index < -0.39 is 63.2 Å². The first kappa shape index (κ1) is 35.3. The first-order valence-electron chi connectivity index (χ1n) is 15.4. The van der Waals surface area contributed by atoms with Crippen LogP contribution in [0.1, 0.15) is 37.8 Å². The number of likely N-dealkylation sites (N-methyl/N-ethyl adjacent to an activating group) is 1. The zero-order chi connectivity index (χ0) is 35.7. The molecular weight excluding hydrogens is 662 g/mol. The maximum atomic E-state index is 13.7. The number of β-lactam (4-membered cyclic amide) rings is 1. The molecule has 0 aromatic heterocycles. The molecule has 6 atom stereocenters. The number of nitro benzene ring substituents is 2. The van der Waals surface area contributed by atoms with Gasteiger partial charge in [0.05, 0.1) is 33.3 Å². The monoisotopic (exact) mass is 697 g/mol. The van der Waals surface area contributed by atoms with Crippen molar-refractivity contribution in [1.29, 1.82) is 0 Å². The number of likely N-dealkylation sites (tertiary alicyclic amines) is 1. The van der Waals surface area contributed by atoms with Gasteiger partial charge in [0.1, 0.15) is 25.0 Å². The number of carbonyl (C=O) groups is 4. The molecule has 2 saturated heterocycles. The van der Waals surface area contributed by atoms with Gasteiger partial charge in [-0.3, -0.25) is 34.7 Å². The van der Waals surface area contributed by atoms with Crippen molar-refractivity contribution in [2.24, 2.45) is 11.8 Å². The van der Waals surface area contributed by atoms with E-state index in [2.05, 4.69) is 0 Å². The molecule has 2 aromatic carbocycles. The number of nitrogens with zero attached hydrogens (tertiary/aromatic N) is 5. The van der Waals surface area contributed by atoms with E-state index in [4.69, 9.17) is 9.47 Å². The van der Waals surface area contributed by atoms with Gasteiger partial charge in [-0.05, 0) is 55.2 Å². The molecule has 3 amide bonds. The van der Waals surface area contributed by atoms with E-state index in [1.54, 1.807) is 14.1 Å². The highest BCUT2D eigenvalue weighted by Gasteiger charge is 2.61. The second-order valence-corrected chi connectivity index (χ2v) is 13.5. The fourth-order valence-corrected chi connectivity index (χ4v) is 7.90. The van der Waals surface area contributed by atoms with Gasteiger partial charge < -0.3 is 24.4 Å². The molecule has 16 nitrogen and oxygen atoms in total. The van der Waals surface area contributed by atoms with Gasteiger partial charge in [0, 0.05) is 49.2 Å². The number of nitro groups is 2. The van der Waals surface area contributed by atoms with E-state index in [0.29, 0.717) is 28.9 Å². The van der Waals surface area contributed by atoms with Crippen molar-refractivity contribution < 1.29 is 43.6 Å². The topological polar surface area (TPSA) is 203 Å². The zero-order valence-corrected chi connectivity index (χ0v) is 27.9. The summed E-state index contributed by atoms with van der Waals surface area (Å²) >= 11 is 1.15. The number of hydrogen-bond acceptors (Lipinski definition) is 12. The first-order valence-corrected chi connectivity index (χ1v) is 16.3. The number of carbonyl (C=O) groups excluding carboxylic acids is 4. The van der Waals surface area contributed by atoms with Crippen molar-refractivity contribution >= 4 is 47.0 Å². The van der Waals surface area contributed by atoms with Crippen LogP contribution in [0.3, 0.4) is 0 Å². The van der Waals surface area contributed by atoms with Crippen LogP contribution in [0.2, 0.25) is 0 Å². The molecule has 6 unspecified atom stereocenters. The van der Waals surface area contributed by atoms with Crippen LogP contribution in [0.5, 0.6) is 0 Å². The second kappa shape index (κ2) is 14.2. The smallest absolute Gasteiger partial charge is 0.411 e. The second-order valence-electron chi connectivity index (χ2n) is 12.3. The van der Waals surface area contributed by atoms with Crippen LogP contribution in [-0.4, -0.2) is 91.2 Å². The number of thioether (sulfide) groups is 1. The Morgan fingerprint density at radius 2 is 1.49 bits per heavy atom. The molecule has 49 heavy (non-hydrogen) atoms. The Kier molecular flexibility index (Phi) is 10.2. The van der Waals surface area contributed by atoms with Gasteiger partial charge >= 0.3 is 12.1 Å². The number of fused-ring (bicyclic) bond motifs is 1. The van der Waals surface area contributed by atoms with Gasteiger partial charge in [-0.2, -0.15) is 0 Å². The molecule has 260 valence electrons. The standard InChI is InChI=1S/C32H35N5O11S/c1-17-26-25(18(2)38)30(40)35(26)27(31(41)47-15-19-5-9-21(10-6-19)36(43)44)28(17)49-24-14-13-23(29(39)33(3)4)34(24)32(42)48-16-20-7-11-22(12-8-20)37(45)46/h5-12,17-18,23-26,38H,13-16H2,1-4H3. The Labute approximate surface area is 284 Å². The van der Waals surface area contributed by atoms with Crippen molar-refractivity contribution in [3.05, 3.63) is 90.5 Å². The van der Waals surface area contributed by atoms with Crippen molar-refractivity contribution in [2.45, 2.75) is 63.5 Å². The van der Waals surface area contributed by atoms with Crippen LogP contribution in [0, 0.1) is 32.1 Å². The van der Waals surface area contributed by atoms with Gasteiger partial charge in [0.2, 0.25) is 11.8 Å². The molecule has 3 heterocycles. The summed E-state index contributed by atoms with van der Waals surface area (Å²) in [7, 11) is 3.13. The highest BCUT2D eigenvalue weighted by Crippen LogP contribution is 2.53. The SMILES string of the molecule is CC(O)C1C(=O)N2C(C(=O)OCc3ccc([N+](=O)[O-])cc3)=C(SC3CCC(C(=O)N(C)C)N3C(=O)OCc3ccc([N+](=O)[O-])cc3)C(C)C12. The summed E-state index contributed by atoms with van der Waals surface area (Å²) in [5.41, 5.74) is 0.710. The Balaban J connectivity index is 1.41. The maximum absolute atomic E-state index is 13.7. The van der Waals surface area contributed by atoms with E-state index in [1.165, 1.54) is 70.2 Å². The van der Waals surface area contributed by atoms with E-state index in [-0.39, 0.29) is 36.2 Å². The number of aliphatic hydroxyl groups is 1. The van der Waals surface area contributed by atoms with Crippen molar-refractivity contribution in [1.82, 2.24) is 14.7 Å². The molecule has 0 radical (unpaired) electrons. The van der Waals surface area contributed by atoms with Crippen LogP contribution in [0.15, 0.2) is 59.1 Å². The number of rotatable bonds is 11. The number of aliphatic hydroxyl groups excluding tert-OH is 1. The van der Waals surface area contributed by atoms with Gasteiger partial charge in [-0.1, -0.05) is 6.92 Å². The van der Waals surface area contributed by atoms with Gasteiger partial charge in [0.15, 0.2) is 0 Å². The molecule has 3 aliphatic rings. The third kappa shape index (κ3) is 6.94. The molecule has 1 N–H and O–H groups in total. The zero-order valence-electron chi connectivity index (χ0n) is 27.1. The van der Waals surface area contributed by atoms with Crippen molar-refractivity contribution in [3.8, 4) is 0 Å². The maximum Gasteiger partial charge on any atom is 0.411 e. The van der Waals surface area contributed by atoms with Crippen molar-refractivity contribution in [2.75, 3.05) is 14.1 Å². The molecular formula is C32H35N5O11S. The molecule has 0 aliphatic carbocycles. The normalized spacial score (nSPS) is 23.4. The molecule has 5 rings (SSSR count). The summed E-state index contributed by atoms with van der Waals surface area (Å²) in [6.07, 6.45) is -1.15. The molecule has 17 heteroatoms. The number of non-ortho nitro benzene ring substituents is 2. The van der Waals surface area contributed by atoms with Crippen molar-refractivity contribution in [3.63, 3.8) is 0 Å². The molecule has 2 aromatic rings. The molecule has 2 fully saturated rings. The van der Waals surface area contributed by atoms with Crippen LogP contribution >= 0.6 is 11.8 Å². The number of esters is 1. The molecule has 3 aliphatic heterocycles. The first-order chi connectivity index (χ1) is 23.2. The number of amides is 3. The summed E-state index contributed by atoms with van der Waals surface area (Å²) in [6.45, 7) is 2.87. The predicted octanol–water partition coefficient (Wildman–Crippen LogP) is 3.56. The lowest BCUT2D eigenvalue weighted by Crippen LogP contribution is -2.63. The number of ether oxygens (including phenoxy) is 2. The van der Waals surface area contributed by atoms with Crippen LogP contribution in [-0.2, 0) is 37.1 Å². The Morgan fingerprint density at radius 3 is 1.98 bits per heavy atom. The fourth-order valence-electron chi connectivity index (χ4n) is 6.36. The predicted molar refractivity (Wildman–Crippen MR) is 173 cm³/mol. The fraction of sp³-hybridized carbons (Fsp3) is 0.438. The minimum absolute atomic E-state index is 0.0205. The van der Waals surface area contributed by atoms with Gasteiger partial charge in [-0.25, -0.2) is 9.59 Å². The Bertz CT molecular complexity index is 1700. The minimum Gasteiger partial charge on any atom is -0.456 e. The summed E-state index contributed by atoms with van der Waals surface area (Å²) < 4.78 is 11.2.